The summed E-state index contributed by atoms with van der Waals surface area (Å²) in [5.74, 6) is 1.93. The fourth-order valence-electron chi connectivity index (χ4n) is 2.42. The van der Waals surface area contributed by atoms with Gasteiger partial charge in [0.05, 0.1) is 7.11 Å². The Morgan fingerprint density at radius 3 is 2.87 bits per heavy atom. The first-order valence-electron chi connectivity index (χ1n) is 7.55. The standard InChI is InChI=1S/C18H19NO4/c1-21-14-6-4-5-13(11-14)9-10-19-18(20)17-12-22-15-7-2-3-8-16(15)23-17/h2-8,11,17H,9-10,12H2,1H3,(H,19,20). The minimum atomic E-state index is -0.616. The van der Waals surface area contributed by atoms with Gasteiger partial charge in [0.1, 0.15) is 12.4 Å². The molecule has 2 aromatic carbocycles. The molecule has 0 bridgehead atoms. The van der Waals surface area contributed by atoms with Gasteiger partial charge in [-0.3, -0.25) is 4.79 Å². The fraction of sp³-hybridized carbons (Fsp3) is 0.278. The van der Waals surface area contributed by atoms with Crippen LogP contribution >= 0.6 is 0 Å². The minimum Gasteiger partial charge on any atom is -0.497 e. The van der Waals surface area contributed by atoms with Crippen LogP contribution < -0.4 is 19.5 Å². The number of nitrogens with one attached hydrogen (secondary N) is 1. The van der Waals surface area contributed by atoms with Gasteiger partial charge < -0.3 is 19.5 Å². The van der Waals surface area contributed by atoms with Crippen molar-refractivity contribution in [1.82, 2.24) is 5.32 Å². The van der Waals surface area contributed by atoms with E-state index >= 15 is 0 Å². The maximum atomic E-state index is 12.2. The summed E-state index contributed by atoms with van der Waals surface area (Å²) in [5, 5.41) is 2.88. The van der Waals surface area contributed by atoms with E-state index in [9.17, 15) is 4.79 Å². The number of amides is 1. The first-order valence-corrected chi connectivity index (χ1v) is 7.55. The number of ether oxygens (including phenoxy) is 3. The van der Waals surface area contributed by atoms with Crippen molar-refractivity contribution in [3.8, 4) is 17.2 Å². The average Bonchev–Trinajstić information content (AvgIpc) is 2.61. The number of fused-ring (bicyclic) bond motifs is 1. The van der Waals surface area contributed by atoms with Crippen molar-refractivity contribution in [1.29, 1.82) is 0 Å². The molecule has 0 fully saturated rings. The molecule has 0 aromatic heterocycles. The van der Waals surface area contributed by atoms with E-state index in [0.717, 1.165) is 17.7 Å². The molecule has 1 heterocycles. The molecule has 0 saturated heterocycles. The molecule has 0 aliphatic carbocycles. The predicted octanol–water partition coefficient (Wildman–Crippen LogP) is 2.19. The predicted molar refractivity (Wildman–Crippen MR) is 86.1 cm³/mol. The average molecular weight is 313 g/mol. The number of carbonyl (C=O) groups excluding carboxylic acids is 1. The van der Waals surface area contributed by atoms with Gasteiger partial charge in [-0.05, 0) is 36.2 Å². The summed E-state index contributed by atoms with van der Waals surface area (Å²) < 4.78 is 16.4. The summed E-state index contributed by atoms with van der Waals surface area (Å²) in [7, 11) is 1.64. The molecule has 0 radical (unpaired) electrons. The van der Waals surface area contributed by atoms with Crippen LogP contribution in [0.5, 0.6) is 17.2 Å². The maximum Gasteiger partial charge on any atom is 0.264 e. The molecule has 0 spiro atoms. The molecule has 5 nitrogen and oxygen atoms in total. The summed E-state index contributed by atoms with van der Waals surface area (Å²) in [5.41, 5.74) is 1.11. The smallest absolute Gasteiger partial charge is 0.264 e. The Kier molecular flexibility index (Phi) is 4.66. The number of benzene rings is 2. The minimum absolute atomic E-state index is 0.164. The van der Waals surface area contributed by atoms with Gasteiger partial charge in [-0.25, -0.2) is 0 Å². The molecule has 1 amide bonds. The van der Waals surface area contributed by atoms with Crippen LogP contribution in [0.4, 0.5) is 0 Å². The van der Waals surface area contributed by atoms with E-state index in [0.29, 0.717) is 18.0 Å². The van der Waals surface area contributed by atoms with Crippen LogP contribution in [0.15, 0.2) is 48.5 Å². The van der Waals surface area contributed by atoms with E-state index in [1.165, 1.54) is 0 Å². The van der Waals surface area contributed by atoms with Gasteiger partial charge in [0.15, 0.2) is 11.5 Å². The van der Waals surface area contributed by atoms with Crippen molar-refractivity contribution in [2.75, 3.05) is 20.3 Å². The third-order valence-corrected chi connectivity index (χ3v) is 3.65. The zero-order valence-corrected chi connectivity index (χ0v) is 13.0. The second kappa shape index (κ2) is 7.05. The fourth-order valence-corrected chi connectivity index (χ4v) is 2.42. The van der Waals surface area contributed by atoms with Crippen molar-refractivity contribution in [3.05, 3.63) is 54.1 Å². The van der Waals surface area contributed by atoms with E-state index in [1.807, 2.05) is 42.5 Å². The molecule has 1 atom stereocenters. The van der Waals surface area contributed by atoms with Crippen LogP contribution in [0.1, 0.15) is 5.56 Å². The molecule has 2 aromatic rings. The van der Waals surface area contributed by atoms with E-state index in [2.05, 4.69) is 5.32 Å². The van der Waals surface area contributed by atoms with Gasteiger partial charge in [0.25, 0.3) is 5.91 Å². The van der Waals surface area contributed by atoms with Gasteiger partial charge in [-0.2, -0.15) is 0 Å². The van der Waals surface area contributed by atoms with Crippen molar-refractivity contribution >= 4 is 5.91 Å². The van der Waals surface area contributed by atoms with Crippen LogP contribution in [0.2, 0.25) is 0 Å². The molecule has 5 heteroatoms. The molecule has 1 unspecified atom stereocenters. The molecular formula is C18H19NO4. The molecule has 23 heavy (non-hydrogen) atoms. The Balaban J connectivity index is 1.50. The van der Waals surface area contributed by atoms with Crippen molar-refractivity contribution < 1.29 is 19.0 Å². The number of hydrogen-bond acceptors (Lipinski definition) is 4. The quantitative estimate of drug-likeness (QED) is 0.919. The molecular weight excluding hydrogens is 294 g/mol. The summed E-state index contributed by atoms with van der Waals surface area (Å²) in [6, 6.07) is 15.1. The monoisotopic (exact) mass is 313 g/mol. The molecule has 3 rings (SSSR count). The Hall–Kier alpha value is -2.69. The maximum absolute atomic E-state index is 12.2. The first-order chi connectivity index (χ1) is 11.3. The normalized spacial score (nSPS) is 15.8. The molecule has 1 aliphatic heterocycles. The lowest BCUT2D eigenvalue weighted by Gasteiger charge is -2.25. The highest BCUT2D eigenvalue weighted by atomic mass is 16.6. The SMILES string of the molecule is COc1cccc(CCNC(=O)C2COc3ccccc3O2)c1. The highest BCUT2D eigenvalue weighted by Crippen LogP contribution is 2.30. The van der Waals surface area contributed by atoms with E-state index in [4.69, 9.17) is 14.2 Å². The Morgan fingerprint density at radius 1 is 1.22 bits per heavy atom. The van der Waals surface area contributed by atoms with Gasteiger partial charge in [-0.1, -0.05) is 24.3 Å². The molecule has 1 N–H and O–H groups in total. The zero-order chi connectivity index (χ0) is 16.1. The lowest BCUT2D eigenvalue weighted by atomic mass is 10.1. The first kappa shape index (κ1) is 15.2. The van der Waals surface area contributed by atoms with Gasteiger partial charge in [0, 0.05) is 6.54 Å². The number of rotatable bonds is 5. The van der Waals surface area contributed by atoms with E-state index in [1.54, 1.807) is 13.2 Å². The highest BCUT2D eigenvalue weighted by molar-refractivity contribution is 5.81. The second-order valence-corrected chi connectivity index (χ2v) is 5.26. The Labute approximate surface area is 135 Å². The summed E-state index contributed by atoms with van der Waals surface area (Å²) in [6.07, 6.45) is 0.114. The zero-order valence-electron chi connectivity index (χ0n) is 13.0. The third-order valence-electron chi connectivity index (χ3n) is 3.65. The second-order valence-electron chi connectivity index (χ2n) is 5.26. The van der Waals surface area contributed by atoms with Gasteiger partial charge in [-0.15, -0.1) is 0 Å². The molecule has 1 aliphatic rings. The summed E-state index contributed by atoms with van der Waals surface area (Å²) >= 11 is 0. The number of hydrogen-bond donors (Lipinski definition) is 1. The van der Waals surface area contributed by atoms with Crippen molar-refractivity contribution in [3.63, 3.8) is 0 Å². The van der Waals surface area contributed by atoms with Crippen LogP contribution in [-0.2, 0) is 11.2 Å². The topological polar surface area (TPSA) is 56.8 Å². The number of carbonyl (C=O) groups is 1. The van der Waals surface area contributed by atoms with Crippen LogP contribution in [0, 0.1) is 0 Å². The molecule has 120 valence electrons. The largest absolute Gasteiger partial charge is 0.497 e. The summed E-state index contributed by atoms with van der Waals surface area (Å²) in [6.45, 7) is 0.759. The van der Waals surface area contributed by atoms with Gasteiger partial charge >= 0.3 is 0 Å². The van der Waals surface area contributed by atoms with Crippen molar-refractivity contribution in [2.45, 2.75) is 12.5 Å². The Bertz CT molecular complexity index is 686. The lowest BCUT2D eigenvalue weighted by molar-refractivity contribution is -0.130. The third kappa shape index (κ3) is 3.74. The summed E-state index contributed by atoms with van der Waals surface area (Å²) in [4.78, 5) is 12.2. The highest BCUT2D eigenvalue weighted by Gasteiger charge is 2.26. The van der Waals surface area contributed by atoms with Crippen LogP contribution in [0.3, 0.4) is 0 Å². The number of methoxy groups -OCH3 is 1. The lowest BCUT2D eigenvalue weighted by Crippen LogP contribution is -2.44. The van der Waals surface area contributed by atoms with Gasteiger partial charge in [0.2, 0.25) is 6.10 Å². The molecule has 0 saturated carbocycles. The number of para-hydroxylation sites is 2. The van der Waals surface area contributed by atoms with Crippen LogP contribution in [0.25, 0.3) is 0 Å². The van der Waals surface area contributed by atoms with E-state index in [-0.39, 0.29) is 12.5 Å². The van der Waals surface area contributed by atoms with E-state index < -0.39 is 6.10 Å². The van der Waals surface area contributed by atoms with Crippen molar-refractivity contribution in [2.24, 2.45) is 0 Å². The Morgan fingerprint density at radius 2 is 2.04 bits per heavy atom. The van der Waals surface area contributed by atoms with Crippen LogP contribution in [-0.4, -0.2) is 32.3 Å².